The Morgan fingerprint density at radius 2 is 2.33 bits per heavy atom. The minimum Gasteiger partial charge on any atom is -0.371 e. The first-order valence-electron chi connectivity index (χ1n) is 8.23. The lowest BCUT2D eigenvalue weighted by molar-refractivity contribution is -0.00952. The van der Waals surface area contributed by atoms with Gasteiger partial charge in [0, 0.05) is 30.6 Å². The van der Waals surface area contributed by atoms with E-state index in [-0.39, 0.29) is 29.2 Å². The summed E-state index contributed by atoms with van der Waals surface area (Å²) >= 11 is 0. The van der Waals surface area contributed by atoms with Gasteiger partial charge in [0.05, 0.1) is 12.2 Å². The van der Waals surface area contributed by atoms with Crippen molar-refractivity contribution >= 4 is 5.91 Å². The molecule has 0 bridgehead atoms. The van der Waals surface area contributed by atoms with Crippen LogP contribution in [0.15, 0.2) is 29.3 Å². The Hall–Kier alpha value is -2.41. The molecule has 0 saturated carbocycles. The molecule has 128 valence electrons. The number of amides is 1. The molecule has 0 aliphatic carbocycles. The SMILES string of the molecule is CCn1cc([C@H]2OCCC[C@@H]2NC(=O)c2ccc(C)[nH]c2=O)cn1. The summed E-state index contributed by atoms with van der Waals surface area (Å²) < 4.78 is 7.70. The van der Waals surface area contributed by atoms with Gasteiger partial charge in [0.1, 0.15) is 11.7 Å². The predicted octanol–water partition coefficient (Wildman–Crippen LogP) is 1.55. The number of hydrogen-bond acceptors (Lipinski definition) is 4. The summed E-state index contributed by atoms with van der Waals surface area (Å²) in [6, 6.07) is 3.09. The number of nitrogens with zero attached hydrogens (tertiary/aromatic N) is 2. The molecular formula is C17H22N4O3. The Kier molecular flexibility index (Phi) is 4.80. The van der Waals surface area contributed by atoms with Gasteiger partial charge in [-0.1, -0.05) is 0 Å². The molecule has 0 spiro atoms. The topological polar surface area (TPSA) is 89.0 Å². The van der Waals surface area contributed by atoms with E-state index in [1.54, 1.807) is 25.3 Å². The number of H-pyrrole nitrogens is 1. The first-order valence-corrected chi connectivity index (χ1v) is 8.23. The van der Waals surface area contributed by atoms with Crippen LogP contribution in [-0.4, -0.2) is 33.3 Å². The molecule has 1 aliphatic rings. The van der Waals surface area contributed by atoms with Crippen LogP contribution < -0.4 is 10.9 Å². The zero-order chi connectivity index (χ0) is 17.1. The Morgan fingerprint density at radius 1 is 1.50 bits per heavy atom. The van der Waals surface area contributed by atoms with E-state index in [4.69, 9.17) is 4.74 Å². The number of carbonyl (C=O) groups is 1. The number of aromatic nitrogens is 3. The summed E-state index contributed by atoms with van der Waals surface area (Å²) in [6.07, 6.45) is 5.14. The van der Waals surface area contributed by atoms with Crippen LogP contribution in [0, 0.1) is 6.92 Å². The van der Waals surface area contributed by atoms with Gasteiger partial charge in [-0.05, 0) is 38.8 Å². The second kappa shape index (κ2) is 7.00. The van der Waals surface area contributed by atoms with E-state index >= 15 is 0 Å². The standard InChI is InChI=1S/C17H22N4O3/c1-3-21-10-12(9-18-21)15-14(5-4-8-24-15)20-17(23)13-7-6-11(2)19-16(13)22/h6-7,9-10,14-15H,3-5,8H2,1-2H3,(H,19,22)(H,20,23)/t14-,15+/m0/s1. The zero-order valence-electron chi connectivity index (χ0n) is 13.9. The highest BCUT2D eigenvalue weighted by Gasteiger charge is 2.30. The van der Waals surface area contributed by atoms with Crippen LogP contribution in [0.3, 0.4) is 0 Å². The lowest BCUT2D eigenvalue weighted by Gasteiger charge is -2.31. The van der Waals surface area contributed by atoms with Crippen molar-refractivity contribution in [2.24, 2.45) is 0 Å². The molecule has 7 nitrogen and oxygen atoms in total. The smallest absolute Gasteiger partial charge is 0.260 e. The predicted molar refractivity (Wildman–Crippen MR) is 88.9 cm³/mol. The van der Waals surface area contributed by atoms with Gasteiger partial charge in [-0.3, -0.25) is 14.3 Å². The largest absolute Gasteiger partial charge is 0.371 e. The maximum atomic E-state index is 12.5. The highest BCUT2D eigenvalue weighted by atomic mass is 16.5. The zero-order valence-corrected chi connectivity index (χ0v) is 13.9. The summed E-state index contributed by atoms with van der Waals surface area (Å²) in [5.41, 5.74) is 1.41. The second-order valence-corrected chi connectivity index (χ2v) is 6.03. The minimum atomic E-state index is -0.375. The number of ether oxygens (including phenoxy) is 1. The lowest BCUT2D eigenvalue weighted by atomic mass is 9.97. The van der Waals surface area contributed by atoms with Crippen molar-refractivity contribution in [2.75, 3.05) is 6.61 Å². The number of pyridine rings is 1. The first-order chi connectivity index (χ1) is 11.6. The van der Waals surface area contributed by atoms with E-state index in [0.717, 1.165) is 30.6 Å². The lowest BCUT2D eigenvalue weighted by Crippen LogP contribution is -2.44. The van der Waals surface area contributed by atoms with Gasteiger partial charge in [0.2, 0.25) is 0 Å². The number of nitrogens with one attached hydrogen (secondary N) is 2. The molecule has 2 atom stereocenters. The molecule has 2 aromatic heterocycles. The molecule has 3 heterocycles. The van der Waals surface area contributed by atoms with Gasteiger partial charge in [0.25, 0.3) is 11.5 Å². The monoisotopic (exact) mass is 330 g/mol. The van der Waals surface area contributed by atoms with Crippen molar-refractivity contribution in [3.05, 3.63) is 51.7 Å². The van der Waals surface area contributed by atoms with Crippen molar-refractivity contribution in [3.63, 3.8) is 0 Å². The summed E-state index contributed by atoms with van der Waals surface area (Å²) in [5.74, 6) is -0.375. The molecule has 3 rings (SSSR count). The van der Waals surface area contributed by atoms with E-state index in [1.165, 1.54) is 0 Å². The number of aromatic amines is 1. The van der Waals surface area contributed by atoms with Gasteiger partial charge >= 0.3 is 0 Å². The highest BCUT2D eigenvalue weighted by molar-refractivity contribution is 5.94. The molecule has 7 heteroatoms. The van der Waals surface area contributed by atoms with E-state index in [0.29, 0.717) is 6.61 Å². The Balaban J connectivity index is 1.78. The normalized spacial score (nSPS) is 20.8. The highest BCUT2D eigenvalue weighted by Crippen LogP contribution is 2.28. The summed E-state index contributed by atoms with van der Waals surface area (Å²) in [5, 5.41) is 7.22. The minimum absolute atomic E-state index is 0.120. The summed E-state index contributed by atoms with van der Waals surface area (Å²) in [4.78, 5) is 27.1. The fraction of sp³-hybridized carbons (Fsp3) is 0.471. The molecule has 1 amide bonds. The molecular weight excluding hydrogens is 308 g/mol. The van der Waals surface area contributed by atoms with Crippen LogP contribution in [-0.2, 0) is 11.3 Å². The molecule has 1 fully saturated rings. The molecule has 24 heavy (non-hydrogen) atoms. The molecule has 2 N–H and O–H groups in total. The summed E-state index contributed by atoms with van der Waals surface area (Å²) in [6.45, 7) is 5.23. The molecule has 2 aromatic rings. The quantitative estimate of drug-likeness (QED) is 0.890. The maximum Gasteiger partial charge on any atom is 0.260 e. The average Bonchev–Trinajstić information content (AvgIpc) is 3.04. The van der Waals surface area contributed by atoms with Crippen LogP contribution in [0.1, 0.15) is 47.5 Å². The van der Waals surface area contributed by atoms with Gasteiger partial charge < -0.3 is 15.0 Å². The van der Waals surface area contributed by atoms with Gasteiger partial charge in [0.15, 0.2) is 0 Å². The van der Waals surface area contributed by atoms with Crippen molar-refractivity contribution in [2.45, 2.75) is 45.4 Å². The van der Waals surface area contributed by atoms with Gasteiger partial charge in [-0.15, -0.1) is 0 Å². The van der Waals surface area contributed by atoms with Crippen LogP contribution in [0.4, 0.5) is 0 Å². The Morgan fingerprint density at radius 3 is 3.04 bits per heavy atom. The third kappa shape index (κ3) is 3.41. The van der Waals surface area contributed by atoms with Gasteiger partial charge in [-0.2, -0.15) is 5.10 Å². The van der Waals surface area contributed by atoms with Crippen molar-refractivity contribution < 1.29 is 9.53 Å². The fourth-order valence-corrected chi connectivity index (χ4v) is 2.95. The Bertz CT molecular complexity index is 780. The second-order valence-electron chi connectivity index (χ2n) is 6.03. The number of carbonyl (C=O) groups excluding carboxylic acids is 1. The maximum absolute atomic E-state index is 12.5. The third-order valence-electron chi connectivity index (χ3n) is 4.24. The molecule has 0 radical (unpaired) electrons. The summed E-state index contributed by atoms with van der Waals surface area (Å²) in [7, 11) is 0. The fourth-order valence-electron chi connectivity index (χ4n) is 2.95. The van der Waals surface area contributed by atoms with Crippen molar-refractivity contribution in [3.8, 4) is 0 Å². The average molecular weight is 330 g/mol. The van der Waals surface area contributed by atoms with Crippen LogP contribution in [0.25, 0.3) is 0 Å². The van der Waals surface area contributed by atoms with Crippen molar-refractivity contribution in [1.82, 2.24) is 20.1 Å². The number of rotatable bonds is 4. The number of aryl methyl sites for hydroxylation is 2. The first kappa shape index (κ1) is 16.4. The van der Waals surface area contributed by atoms with Crippen LogP contribution in [0.5, 0.6) is 0 Å². The molecule has 0 aromatic carbocycles. The Labute approximate surface area is 140 Å². The van der Waals surface area contributed by atoms with E-state index in [9.17, 15) is 9.59 Å². The number of hydrogen-bond donors (Lipinski definition) is 2. The van der Waals surface area contributed by atoms with E-state index in [2.05, 4.69) is 15.4 Å². The molecule has 1 saturated heterocycles. The van der Waals surface area contributed by atoms with Gasteiger partial charge in [-0.25, -0.2) is 0 Å². The van der Waals surface area contributed by atoms with Crippen molar-refractivity contribution in [1.29, 1.82) is 0 Å². The van der Waals surface area contributed by atoms with Crippen LogP contribution >= 0.6 is 0 Å². The molecule has 1 aliphatic heterocycles. The van der Waals surface area contributed by atoms with Crippen LogP contribution in [0.2, 0.25) is 0 Å². The molecule has 0 unspecified atom stereocenters. The van der Waals surface area contributed by atoms with E-state index in [1.807, 2.05) is 17.8 Å². The van der Waals surface area contributed by atoms with E-state index < -0.39 is 0 Å². The third-order valence-corrected chi connectivity index (χ3v) is 4.24.